The van der Waals surface area contributed by atoms with Gasteiger partial charge in [0.15, 0.2) is 11.6 Å². The Hall–Kier alpha value is -1.74. The van der Waals surface area contributed by atoms with Gasteiger partial charge in [-0.1, -0.05) is 24.3 Å². The lowest BCUT2D eigenvalue weighted by Gasteiger charge is -2.14. The van der Waals surface area contributed by atoms with E-state index in [0.717, 1.165) is 16.8 Å². The topological polar surface area (TPSA) is 21.3 Å². The van der Waals surface area contributed by atoms with E-state index in [0.29, 0.717) is 6.54 Å². The number of halogens is 2. The number of hydrogen-bond acceptors (Lipinski definition) is 2. The fourth-order valence-electron chi connectivity index (χ4n) is 2.02. The lowest BCUT2D eigenvalue weighted by Crippen LogP contribution is -2.03. The summed E-state index contributed by atoms with van der Waals surface area (Å²) in [6.07, 6.45) is 0. The number of rotatable bonds is 5. The molecular formula is C16H17ClFNO. The average Bonchev–Trinajstić information content (AvgIpc) is 2.45. The Morgan fingerprint density at radius 3 is 2.65 bits per heavy atom. The largest absolute Gasteiger partial charge is 0.494 e. The number of methoxy groups -OCH3 is 1. The van der Waals surface area contributed by atoms with Crippen LogP contribution in [0.3, 0.4) is 0 Å². The van der Waals surface area contributed by atoms with Crippen molar-refractivity contribution in [2.75, 3.05) is 12.4 Å². The minimum absolute atomic E-state index is 0.0775. The normalized spacial score (nSPS) is 12.0. The molecule has 0 amide bonds. The maximum absolute atomic E-state index is 13.6. The summed E-state index contributed by atoms with van der Waals surface area (Å²) >= 11 is 6.14. The maximum atomic E-state index is 13.6. The van der Waals surface area contributed by atoms with Gasteiger partial charge in [0.2, 0.25) is 0 Å². The Morgan fingerprint density at radius 2 is 2.00 bits per heavy atom. The van der Waals surface area contributed by atoms with E-state index >= 15 is 0 Å². The van der Waals surface area contributed by atoms with Crippen LogP contribution in [-0.4, -0.2) is 7.11 Å². The lowest BCUT2D eigenvalue weighted by atomic mass is 10.1. The van der Waals surface area contributed by atoms with Crippen molar-refractivity contribution < 1.29 is 9.13 Å². The molecule has 4 heteroatoms. The molecule has 0 saturated heterocycles. The molecule has 2 aromatic carbocycles. The van der Waals surface area contributed by atoms with Crippen LogP contribution in [0, 0.1) is 5.82 Å². The van der Waals surface area contributed by atoms with Crippen molar-refractivity contribution in [1.29, 1.82) is 0 Å². The zero-order valence-corrected chi connectivity index (χ0v) is 12.2. The minimum Gasteiger partial charge on any atom is -0.494 e. The van der Waals surface area contributed by atoms with Gasteiger partial charge in [-0.25, -0.2) is 4.39 Å². The number of para-hydroxylation sites is 1. The van der Waals surface area contributed by atoms with Crippen molar-refractivity contribution in [2.45, 2.75) is 18.8 Å². The molecule has 2 nitrogen and oxygen atoms in total. The summed E-state index contributed by atoms with van der Waals surface area (Å²) in [5, 5.41) is 3.21. The van der Waals surface area contributed by atoms with Crippen molar-refractivity contribution in [3.05, 3.63) is 59.4 Å². The van der Waals surface area contributed by atoms with Gasteiger partial charge in [0.25, 0.3) is 0 Å². The number of benzene rings is 2. The van der Waals surface area contributed by atoms with Crippen molar-refractivity contribution in [1.82, 2.24) is 0 Å². The fraction of sp³-hybridized carbons (Fsp3) is 0.250. The Kier molecular flexibility index (Phi) is 4.85. The van der Waals surface area contributed by atoms with E-state index in [9.17, 15) is 4.39 Å². The highest BCUT2D eigenvalue weighted by molar-refractivity contribution is 6.21. The molecule has 0 bridgehead atoms. The first-order valence-corrected chi connectivity index (χ1v) is 6.84. The van der Waals surface area contributed by atoms with E-state index in [2.05, 4.69) is 5.32 Å². The number of alkyl halides is 1. The van der Waals surface area contributed by atoms with Gasteiger partial charge in [-0.3, -0.25) is 0 Å². The molecule has 20 heavy (non-hydrogen) atoms. The zero-order valence-electron chi connectivity index (χ0n) is 11.5. The second kappa shape index (κ2) is 6.62. The van der Waals surface area contributed by atoms with E-state index in [4.69, 9.17) is 16.3 Å². The molecule has 2 rings (SSSR count). The van der Waals surface area contributed by atoms with E-state index in [1.165, 1.54) is 13.2 Å². The summed E-state index contributed by atoms with van der Waals surface area (Å²) in [6.45, 7) is 2.46. The van der Waals surface area contributed by atoms with E-state index < -0.39 is 0 Å². The first-order valence-electron chi connectivity index (χ1n) is 6.41. The third-order valence-corrected chi connectivity index (χ3v) is 3.32. The second-order valence-electron chi connectivity index (χ2n) is 4.53. The van der Waals surface area contributed by atoms with Gasteiger partial charge in [0.1, 0.15) is 0 Å². The lowest BCUT2D eigenvalue weighted by molar-refractivity contribution is 0.386. The van der Waals surface area contributed by atoms with Gasteiger partial charge in [0.05, 0.1) is 12.5 Å². The van der Waals surface area contributed by atoms with Crippen LogP contribution in [0.25, 0.3) is 0 Å². The summed E-state index contributed by atoms with van der Waals surface area (Å²) < 4.78 is 18.5. The van der Waals surface area contributed by atoms with Crippen molar-refractivity contribution in [2.24, 2.45) is 0 Å². The van der Waals surface area contributed by atoms with Gasteiger partial charge < -0.3 is 10.1 Å². The summed E-state index contributed by atoms with van der Waals surface area (Å²) in [4.78, 5) is 0. The molecule has 2 aromatic rings. The number of nitrogens with one attached hydrogen (secondary N) is 1. The highest BCUT2D eigenvalue weighted by Crippen LogP contribution is 2.27. The molecule has 106 valence electrons. The van der Waals surface area contributed by atoms with Crippen molar-refractivity contribution in [3.63, 3.8) is 0 Å². The van der Waals surface area contributed by atoms with E-state index in [1.807, 2.05) is 37.3 Å². The Labute approximate surface area is 123 Å². The minimum atomic E-state index is -0.356. The number of hydrogen-bond donors (Lipinski definition) is 1. The van der Waals surface area contributed by atoms with Crippen LogP contribution in [0.1, 0.15) is 23.4 Å². The maximum Gasteiger partial charge on any atom is 0.165 e. The molecule has 0 aromatic heterocycles. The summed E-state index contributed by atoms with van der Waals surface area (Å²) in [5.74, 6) is -0.102. The number of anilines is 1. The van der Waals surface area contributed by atoms with Gasteiger partial charge in [-0.15, -0.1) is 11.6 Å². The number of ether oxygens (including phenoxy) is 1. The molecule has 0 fully saturated rings. The third kappa shape index (κ3) is 3.42. The summed E-state index contributed by atoms with van der Waals surface area (Å²) in [7, 11) is 1.45. The molecule has 1 atom stereocenters. The van der Waals surface area contributed by atoms with Crippen LogP contribution in [-0.2, 0) is 6.54 Å². The van der Waals surface area contributed by atoms with Gasteiger partial charge in [-0.2, -0.15) is 0 Å². The molecule has 0 saturated carbocycles. The van der Waals surface area contributed by atoms with Crippen molar-refractivity contribution in [3.8, 4) is 5.75 Å². The molecule has 1 unspecified atom stereocenters. The van der Waals surface area contributed by atoms with E-state index in [-0.39, 0.29) is 16.9 Å². The Balaban J connectivity index is 2.11. The highest BCUT2D eigenvalue weighted by atomic mass is 35.5. The van der Waals surface area contributed by atoms with Crippen LogP contribution in [0.4, 0.5) is 10.1 Å². The summed E-state index contributed by atoms with van der Waals surface area (Å²) in [6, 6.07) is 12.8. The fourth-order valence-corrected chi connectivity index (χ4v) is 2.21. The Morgan fingerprint density at radius 1 is 1.25 bits per heavy atom. The summed E-state index contributed by atoms with van der Waals surface area (Å²) in [5.41, 5.74) is 2.84. The highest BCUT2D eigenvalue weighted by Gasteiger charge is 2.08. The Bertz CT molecular complexity index is 586. The van der Waals surface area contributed by atoms with E-state index in [1.54, 1.807) is 6.07 Å². The smallest absolute Gasteiger partial charge is 0.165 e. The first kappa shape index (κ1) is 14.7. The molecule has 0 heterocycles. The molecule has 0 radical (unpaired) electrons. The third-order valence-electron chi connectivity index (χ3n) is 3.09. The zero-order chi connectivity index (χ0) is 14.5. The van der Waals surface area contributed by atoms with Gasteiger partial charge >= 0.3 is 0 Å². The van der Waals surface area contributed by atoms with Crippen LogP contribution in [0.5, 0.6) is 5.75 Å². The molecule has 0 aliphatic rings. The first-order chi connectivity index (χ1) is 9.61. The second-order valence-corrected chi connectivity index (χ2v) is 5.18. The monoisotopic (exact) mass is 293 g/mol. The van der Waals surface area contributed by atoms with Crippen LogP contribution >= 0.6 is 11.6 Å². The van der Waals surface area contributed by atoms with Crippen molar-refractivity contribution >= 4 is 17.3 Å². The molecule has 1 N–H and O–H groups in total. The van der Waals surface area contributed by atoms with Gasteiger partial charge in [0, 0.05) is 12.2 Å². The standard InChI is InChI=1S/C16H17ClFNO/c1-11(17)13-5-3-4-6-15(13)19-10-12-7-8-16(20-2)14(18)9-12/h3-9,11,19H,10H2,1-2H3. The molecule has 0 aliphatic carbocycles. The van der Waals surface area contributed by atoms with Gasteiger partial charge in [-0.05, 0) is 36.2 Å². The predicted molar refractivity (Wildman–Crippen MR) is 81.0 cm³/mol. The molecular weight excluding hydrogens is 277 g/mol. The molecule has 0 spiro atoms. The van der Waals surface area contributed by atoms with Crippen LogP contribution in [0.2, 0.25) is 0 Å². The predicted octanol–water partition coefficient (Wildman–Crippen LogP) is 4.75. The average molecular weight is 294 g/mol. The molecule has 0 aliphatic heterocycles. The van der Waals surface area contributed by atoms with Crippen LogP contribution < -0.4 is 10.1 Å². The quantitative estimate of drug-likeness (QED) is 0.804. The SMILES string of the molecule is COc1ccc(CNc2ccccc2C(C)Cl)cc1F. The van der Waals surface area contributed by atoms with Crippen LogP contribution in [0.15, 0.2) is 42.5 Å².